The molecule has 0 aliphatic carbocycles. The molecule has 1 heterocycles. The van der Waals surface area contributed by atoms with E-state index in [9.17, 15) is 4.79 Å². The summed E-state index contributed by atoms with van der Waals surface area (Å²) in [6.45, 7) is 3.31. The molecule has 3 N–H and O–H groups in total. The SMILES string of the molecule is CC(CN)COc1ccc2c(c1)CCC(=O)N2. The maximum Gasteiger partial charge on any atom is 0.224 e. The second kappa shape index (κ2) is 5.19. The molecule has 0 aromatic heterocycles. The first-order valence-corrected chi connectivity index (χ1v) is 5.94. The Labute approximate surface area is 101 Å². The number of carbonyl (C=O) groups is 1. The van der Waals surface area contributed by atoms with Gasteiger partial charge in [-0.2, -0.15) is 0 Å². The number of ether oxygens (including phenoxy) is 1. The topological polar surface area (TPSA) is 64.3 Å². The monoisotopic (exact) mass is 234 g/mol. The summed E-state index contributed by atoms with van der Waals surface area (Å²) >= 11 is 0. The van der Waals surface area contributed by atoms with Gasteiger partial charge < -0.3 is 15.8 Å². The van der Waals surface area contributed by atoms with E-state index in [1.807, 2.05) is 18.2 Å². The van der Waals surface area contributed by atoms with Gasteiger partial charge >= 0.3 is 0 Å². The van der Waals surface area contributed by atoms with E-state index < -0.39 is 0 Å². The number of fused-ring (bicyclic) bond motifs is 1. The molecule has 0 saturated carbocycles. The average Bonchev–Trinajstić information content (AvgIpc) is 2.35. The summed E-state index contributed by atoms with van der Waals surface area (Å²) in [6.07, 6.45) is 1.33. The Balaban J connectivity index is 2.04. The lowest BCUT2D eigenvalue weighted by atomic mass is 10.0. The largest absolute Gasteiger partial charge is 0.493 e. The molecule has 4 nitrogen and oxygen atoms in total. The van der Waals surface area contributed by atoms with E-state index in [2.05, 4.69) is 12.2 Å². The van der Waals surface area contributed by atoms with Crippen LogP contribution in [0, 0.1) is 5.92 Å². The van der Waals surface area contributed by atoms with Gasteiger partial charge in [0.25, 0.3) is 0 Å². The molecule has 1 unspecified atom stereocenters. The third-order valence-corrected chi connectivity index (χ3v) is 2.91. The molecular weight excluding hydrogens is 216 g/mol. The van der Waals surface area contributed by atoms with Crippen LogP contribution >= 0.6 is 0 Å². The first kappa shape index (κ1) is 11.9. The molecule has 1 aliphatic rings. The van der Waals surface area contributed by atoms with E-state index in [1.54, 1.807) is 0 Å². The maximum atomic E-state index is 11.2. The smallest absolute Gasteiger partial charge is 0.224 e. The number of benzene rings is 1. The minimum Gasteiger partial charge on any atom is -0.493 e. The van der Waals surface area contributed by atoms with Gasteiger partial charge in [0.15, 0.2) is 0 Å². The van der Waals surface area contributed by atoms with Crippen LogP contribution in [0.5, 0.6) is 5.75 Å². The molecule has 1 amide bonds. The zero-order valence-electron chi connectivity index (χ0n) is 10.0. The van der Waals surface area contributed by atoms with Crippen molar-refractivity contribution in [1.82, 2.24) is 0 Å². The summed E-state index contributed by atoms with van der Waals surface area (Å²) in [7, 11) is 0. The summed E-state index contributed by atoms with van der Waals surface area (Å²) in [5.41, 5.74) is 7.58. The Hall–Kier alpha value is -1.55. The second-order valence-corrected chi connectivity index (χ2v) is 4.52. The summed E-state index contributed by atoms with van der Waals surface area (Å²) in [6, 6.07) is 5.78. The molecule has 1 aromatic rings. The van der Waals surface area contributed by atoms with Crippen molar-refractivity contribution < 1.29 is 9.53 Å². The van der Waals surface area contributed by atoms with Crippen molar-refractivity contribution in [2.45, 2.75) is 19.8 Å². The quantitative estimate of drug-likeness (QED) is 0.830. The lowest BCUT2D eigenvalue weighted by Crippen LogP contribution is -2.20. The van der Waals surface area contributed by atoms with Crippen LogP contribution in [0.2, 0.25) is 0 Å². The van der Waals surface area contributed by atoms with Crippen molar-refractivity contribution in [2.75, 3.05) is 18.5 Å². The standard InChI is InChI=1S/C13H18N2O2/c1-9(7-14)8-17-11-3-4-12-10(6-11)2-5-13(16)15-12/h3-4,6,9H,2,5,7-8,14H2,1H3,(H,15,16). The number of nitrogens with two attached hydrogens (primary N) is 1. The summed E-state index contributed by atoms with van der Waals surface area (Å²) in [4.78, 5) is 11.2. The highest BCUT2D eigenvalue weighted by Gasteiger charge is 2.15. The number of rotatable bonds is 4. The molecule has 2 rings (SSSR count). The van der Waals surface area contributed by atoms with E-state index in [1.165, 1.54) is 0 Å². The predicted molar refractivity (Wildman–Crippen MR) is 67.1 cm³/mol. The number of hydrogen-bond donors (Lipinski definition) is 2. The van der Waals surface area contributed by atoms with Crippen LogP contribution in [0.1, 0.15) is 18.9 Å². The lowest BCUT2D eigenvalue weighted by Gasteiger charge is -2.18. The number of hydrogen-bond acceptors (Lipinski definition) is 3. The highest BCUT2D eigenvalue weighted by Crippen LogP contribution is 2.26. The Kier molecular flexibility index (Phi) is 3.64. The Bertz CT molecular complexity index is 418. The van der Waals surface area contributed by atoms with Crippen LogP contribution in [0.3, 0.4) is 0 Å². The van der Waals surface area contributed by atoms with Crippen molar-refractivity contribution in [1.29, 1.82) is 0 Å². The fourth-order valence-corrected chi connectivity index (χ4v) is 1.76. The van der Waals surface area contributed by atoms with Crippen LogP contribution in [0.15, 0.2) is 18.2 Å². The van der Waals surface area contributed by atoms with Crippen LogP contribution in [-0.4, -0.2) is 19.1 Å². The lowest BCUT2D eigenvalue weighted by molar-refractivity contribution is -0.116. The van der Waals surface area contributed by atoms with E-state index in [-0.39, 0.29) is 5.91 Å². The van der Waals surface area contributed by atoms with E-state index in [4.69, 9.17) is 10.5 Å². The van der Waals surface area contributed by atoms with Gasteiger partial charge in [0.05, 0.1) is 6.61 Å². The van der Waals surface area contributed by atoms with Gasteiger partial charge in [-0.05, 0) is 36.7 Å². The van der Waals surface area contributed by atoms with Gasteiger partial charge in [-0.1, -0.05) is 6.92 Å². The third-order valence-electron chi connectivity index (χ3n) is 2.91. The zero-order valence-corrected chi connectivity index (χ0v) is 10.0. The molecule has 0 radical (unpaired) electrons. The van der Waals surface area contributed by atoms with E-state index >= 15 is 0 Å². The zero-order chi connectivity index (χ0) is 12.3. The Morgan fingerprint density at radius 2 is 2.29 bits per heavy atom. The van der Waals surface area contributed by atoms with Crippen molar-refractivity contribution in [3.05, 3.63) is 23.8 Å². The number of anilines is 1. The number of amides is 1. The molecular formula is C13H18N2O2. The molecule has 92 valence electrons. The highest BCUT2D eigenvalue weighted by molar-refractivity contribution is 5.93. The highest BCUT2D eigenvalue weighted by atomic mass is 16.5. The van der Waals surface area contributed by atoms with Crippen LogP contribution in [-0.2, 0) is 11.2 Å². The molecule has 0 saturated heterocycles. The van der Waals surface area contributed by atoms with Crippen LogP contribution < -0.4 is 15.8 Å². The van der Waals surface area contributed by atoms with Crippen molar-refractivity contribution in [2.24, 2.45) is 11.7 Å². The Morgan fingerprint density at radius 1 is 1.47 bits per heavy atom. The van der Waals surface area contributed by atoms with Gasteiger partial charge in [0.1, 0.15) is 5.75 Å². The molecule has 0 bridgehead atoms. The van der Waals surface area contributed by atoms with Gasteiger partial charge in [0, 0.05) is 18.0 Å². The van der Waals surface area contributed by atoms with Crippen molar-refractivity contribution in [3.8, 4) is 5.75 Å². The molecule has 0 fully saturated rings. The molecule has 0 spiro atoms. The first-order valence-electron chi connectivity index (χ1n) is 5.94. The minimum absolute atomic E-state index is 0.0860. The summed E-state index contributed by atoms with van der Waals surface area (Å²) < 4.78 is 5.66. The molecule has 1 aliphatic heterocycles. The minimum atomic E-state index is 0.0860. The van der Waals surface area contributed by atoms with Crippen molar-refractivity contribution >= 4 is 11.6 Å². The number of nitrogens with one attached hydrogen (secondary N) is 1. The molecule has 17 heavy (non-hydrogen) atoms. The average molecular weight is 234 g/mol. The molecule has 1 aromatic carbocycles. The summed E-state index contributed by atoms with van der Waals surface area (Å²) in [5, 5.41) is 2.85. The van der Waals surface area contributed by atoms with Crippen LogP contribution in [0.25, 0.3) is 0 Å². The van der Waals surface area contributed by atoms with E-state index in [0.717, 1.165) is 23.4 Å². The molecule has 4 heteroatoms. The number of aryl methyl sites for hydroxylation is 1. The van der Waals surface area contributed by atoms with Gasteiger partial charge in [-0.15, -0.1) is 0 Å². The maximum absolute atomic E-state index is 11.2. The van der Waals surface area contributed by atoms with Crippen LogP contribution in [0.4, 0.5) is 5.69 Å². The third kappa shape index (κ3) is 2.97. The number of carbonyl (C=O) groups excluding carboxylic acids is 1. The van der Waals surface area contributed by atoms with Gasteiger partial charge in [-0.3, -0.25) is 4.79 Å². The first-order chi connectivity index (χ1) is 8.19. The second-order valence-electron chi connectivity index (χ2n) is 4.52. The van der Waals surface area contributed by atoms with Gasteiger partial charge in [0.2, 0.25) is 5.91 Å². The fraction of sp³-hybridized carbons (Fsp3) is 0.462. The van der Waals surface area contributed by atoms with Gasteiger partial charge in [-0.25, -0.2) is 0 Å². The van der Waals surface area contributed by atoms with E-state index in [0.29, 0.717) is 25.5 Å². The summed E-state index contributed by atoms with van der Waals surface area (Å²) in [5.74, 6) is 1.29. The predicted octanol–water partition coefficient (Wildman–Crippen LogP) is 1.54. The van der Waals surface area contributed by atoms with Crippen molar-refractivity contribution in [3.63, 3.8) is 0 Å². The Morgan fingerprint density at radius 3 is 3.06 bits per heavy atom. The normalized spacial score (nSPS) is 16.0. The molecule has 1 atom stereocenters. The fourth-order valence-electron chi connectivity index (χ4n) is 1.76.